The maximum atomic E-state index is 11.6. The Labute approximate surface area is 92.3 Å². The number of rotatable bonds is 7. The van der Waals surface area contributed by atoms with E-state index in [2.05, 4.69) is 10.1 Å². The van der Waals surface area contributed by atoms with Crippen molar-refractivity contribution in [3.8, 4) is 0 Å². The lowest BCUT2D eigenvalue weighted by Gasteiger charge is -2.09. The predicted molar refractivity (Wildman–Crippen MR) is 52.8 cm³/mol. The average molecular weight is 242 g/mol. The van der Waals surface area contributed by atoms with Crippen molar-refractivity contribution in [3.05, 3.63) is 0 Å². The molecule has 1 unspecified atom stereocenters. The van der Waals surface area contributed by atoms with Gasteiger partial charge in [-0.05, 0) is 13.3 Å². The van der Waals surface area contributed by atoms with E-state index in [4.69, 9.17) is 5.73 Å². The maximum Gasteiger partial charge on any atom is 0.411 e. The standard InChI is InChI=1S/C9H17F3N2O2/c1-7(13)2-4-14-8(15)3-5-16-6-9(10,11)12/h7H,2-6,13H2,1H3,(H,14,15). The van der Waals surface area contributed by atoms with Crippen molar-refractivity contribution in [1.82, 2.24) is 5.32 Å². The van der Waals surface area contributed by atoms with E-state index < -0.39 is 12.8 Å². The van der Waals surface area contributed by atoms with E-state index >= 15 is 0 Å². The summed E-state index contributed by atoms with van der Waals surface area (Å²) in [6, 6.07) is -0.0122. The normalized spacial score (nSPS) is 13.6. The van der Waals surface area contributed by atoms with E-state index in [1.165, 1.54) is 0 Å². The fraction of sp³-hybridized carbons (Fsp3) is 0.889. The van der Waals surface area contributed by atoms with Gasteiger partial charge in [0.05, 0.1) is 6.61 Å². The average Bonchev–Trinajstić information content (AvgIpc) is 2.10. The number of hydrogen-bond donors (Lipinski definition) is 2. The minimum absolute atomic E-state index is 0.0122. The number of nitrogens with two attached hydrogens (primary N) is 1. The van der Waals surface area contributed by atoms with Crippen LogP contribution < -0.4 is 11.1 Å². The molecule has 16 heavy (non-hydrogen) atoms. The molecular formula is C9H17F3N2O2. The van der Waals surface area contributed by atoms with Crippen molar-refractivity contribution in [2.24, 2.45) is 5.73 Å². The zero-order valence-electron chi connectivity index (χ0n) is 9.14. The van der Waals surface area contributed by atoms with Crippen molar-refractivity contribution >= 4 is 5.91 Å². The van der Waals surface area contributed by atoms with Crippen molar-refractivity contribution in [1.29, 1.82) is 0 Å². The maximum absolute atomic E-state index is 11.6. The van der Waals surface area contributed by atoms with Gasteiger partial charge in [0, 0.05) is 19.0 Å². The number of carbonyl (C=O) groups is 1. The van der Waals surface area contributed by atoms with E-state index in [1.807, 2.05) is 0 Å². The van der Waals surface area contributed by atoms with Crippen LogP contribution in [0.15, 0.2) is 0 Å². The molecule has 0 saturated heterocycles. The zero-order chi connectivity index (χ0) is 12.6. The molecule has 1 amide bonds. The van der Waals surface area contributed by atoms with Crippen LogP contribution in [0.1, 0.15) is 19.8 Å². The predicted octanol–water partition coefficient (Wildman–Crippen LogP) is 0.809. The fourth-order valence-corrected chi connectivity index (χ4v) is 0.880. The Morgan fingerprint density at radius 3 is 2.62 bits per heavy atom. The third-order valence-corrected chi connectivity index (χ3v) is 1.66. The Morgan fingerprint density at radius 1 is 1.50 bits per heavy atom. The number of halogens is 3. The number of amides is 1. The Bertz CT molecular complexity index is 207. The van der Waals surface area contributed by atoms with Gasteiger partial charge < -0.3 is 15.8 Å². The topological polar surface area (TPSA) is 64.3 Å². The number of carbonyl (C=O) groups excluding carboxylic acids is 1. The van der Waals surface area contributed by atoms with Gasteiger partial charge >= 0.3 is 6.18 Å². The molecule has 4 nitrogen and oxygen atoms in total. The van der Waals surface area contributed by atoms with Crippen LogP contribution in [0.5, 0.6) is 0 Å². The summed E-state index contributed by atoms with van der Waals surface area (Å²) in [6.45, 7) is 0.679. The molecule has 0 radical (unpaired) electrons. The van der Waals surface area contributed by atoms with Crippen molar-refractivity contribution in [2.75, 3.05) is 19.8 Å². The van der Waals surface area contributed by atoms with Gasteiger partial charge in [-0.15, -0.1) is 0 Å². The first-order chi connectivity index (χ1) is 7.31. The first kappa shape index (κ1) is 15.2. The highest BCUT2D eigenvalue weighted by atomic mass is 19.4. The van der Waals surface area contributed by atoms with Gasteiger partial charge in [0.25, 0.3) is 0 Å². The van der Waals surface area contributed by atoms with Crippen LogP contribution in [0.25, 0.3) is 0 Å². The molecule has 1 atom stereocenters. The highest BCUT2D eigenvalue weighted by molar-refractivity contribution is 5.75. The lowest BCUT2D eigenvalue weighted by molar-refractivity contribution is -0.174. The van der Waals surface area contributed by atoms with Crippen molar-refractivity contribution in [3.63, 3.8) is 0 Å². The third kappa shape index (κ3) is 11.3. The molecule has 0 aliphatic heterocycles. The minimum Gasteiger partial charge on any atom is -0.372 e. The molecule has 7 heteroatoms. The first-order valence-corrected chi connectivity index (χ1v) is 4.98. The van der Waals surface area contributed by atoms with E-state index in [0.29, 0.717) is 13.0 Å². The van der Waals surface area contributed by atoms with Gasteiger partial charge in [0.1, 0.15) is 6.61 Å². The van der Waals surface area contributed by atoms with Crippen LogP contribution in [0.3, 0.4) is 0 Å². The minimum atomic E-state index is -4.34. The fourth-order valence-electron chi connectivity index (χ4n) is 0.880. The second-order valence-electron chi connectivity index (χ2n) is 3.53. The molecule has 0 aromatic rings. The highest BCUT2D eigenvalue weighted by Gasteiger charge is 2.27. The molecule has 0 aliphatic carbocycles. The van der Waals surface area contributed by atoms with Crippen molar-refractivity contribution in [2.45, 2.75) is 32.0 Å². The van der Waals surface area contributed by atoms with E-state index in [-0.39, 0.29) is 25.0 Å². The zero-order valence-corrected chi connectivity index (χ0v) is 9.14. The van der Waals surface area contributed by atoms with Gasteiger partial charge in [-0.1, -0.05) is 0 Å². The Morgan fingerprint density at radius 2 is 2.12 bits per heavy atom. The summed E-state index contributed by atoms with van der Waals surface area (Å²) in [5.41, 5.74) is 5.45. The summed E-state index contributed by atoms with van der Waals surface area (Å²) in [7, 11) is 0. The second-order valence-corrected chi connectivity index (χ2v) is 3.53. The molecule has 0 heterocycles. The van der Waals surface area contributed by atoms with Crippen LogP contribution >= 0.6 is 0 Å². The number of alkyl halides is 3. The molecule has 0 aromatic heterocycles. The number of ether oxygens (including phenoxy) is 1. The Balaban J connectivity index is 3.38. The lowest BCUT2D eigenvalue weighted by Crippen LogP contribution is -2.30. The summed E-state index contributed by atoms with van der Waals surface area (Å²) in [5, 5.41) is 2.53. The molecule has 0 aliphatic rings. The quantitative estimate of drug-likeness (QED) is 0.649. The first-order valence-electron chi connectivity index (χ1n) is 4.98. The molecule has 0 saturated carbocycles. The van der Waals surface area contributed by atoms with Crippen LogP contribution in [0, 0.1) is 0 Å². The summed E-state index contributed by atoms with van der Waals surface area (Å²) in [6.07, 6.45) is -3.78. The Kier molecular flexibility index (Phi) is 7.07. The molecular weight excluding hydrogens is 225 g/mol. The van der Waals surface area contributed by atoms with Gasteiger partial charge in [-0.3, -0.25) is 4.79 Å². The van der Waals surface area contributed by atoms with Crippen molar-refractivity contribution < 1.29 is 22.7 Å². The second kappa shape index (κ2) is 7.45. The summed E-state index contributed by atoms with van der Waals surface area (Å²) < 4.78 is 39.2. The Hall–Kier alpha value is -0.820. The molecule has 0 bridgehead atoms. The number of hydrogen-bond acceptors (Lipinski definition) is 3. The SMILES string of the molecule is CC(N)CCNC(=O)CCOCC(F)(F)F. The largest absolute Gasteiger partial charge is 0.411 e. The highest BCUT2D eigenvalue weighted by Crippen LogP contribution is 2.14. The van der Waals surface area contributed by atoms with Gasteiger partial charge in [0.15, 0.2) is 0 Å². The van der Waals surface area contributed by atoms with Crippen LogP contribution in [-0.2, 0) is 9.53 Å². The third-order valence-electron chi connectivity index (χ3n) is 1.66. The van der Waals surface area contributed by atoms with E-state index in [9.17, 15) is 18.0 Å². The van der Waals surface area contributed by atoms with Crippen LogP contribution in [0.4, 0.5) is 13.2 Å². The molecule has 3 N–H and O–H groups in total. The molecule has 96 valence electrons. The lowest BCUT2D eigenvalue weighted by atomic mass is 10.2. The van der Waals surface area contributed by atoms with Gasteiger partial charge in [0.2, 0.25) is 5.91 Å². The smallest absolute Gasteiger partial charge is 0.372 e. The van der Waals surface area contributed by atoms with Crippen LogP contribution in [0.2, 0.25) is 0 Å². The number of nitrogens with one attached hydrogen (secondary N) is 1. The van der Waals surface area contributed by atoms with E-state index in [1.54, 1.807) is 6.92 Å². The monoisotopic (exact) mass is 242 g/mol. The van der Waals surface area contributed by atoms with Crippen LogP contribution in [-0.4, -0.2) is 37.9 Å². The van der Waals surface area contributed by atoms with E-state index in [0.717, 1.165) is 0 Å². The molecule has 0 aromatic carbocycles. The van der Waals surface area contributed by atoms with Gasteiger partial charge in [-0.2, -0.15) is 13.2 Å². The molecule has 0 rings (SSSR count). The molecule has 0 spiro atoms. The summed E-state index contributed by atoms with van der Waals surface area (Å²) >= 11 is 0. The summed E-state index contributed by atoms with van der Waals surface area (Å²) in [5.74, 6) is -0.331. The van der Waals surface area contributed by atoms with Gasteiger partial charge in [-0.25, -0.2) is 0 Å². The summed E-state index contributed by atoms with van der Waals surface area (Å²) in [4.78, 5) is 11.0. The molecule has 0 fully saturated rings.